The highest BCUT2D eigenvalue weighted by molar-refractivity contribution is 8.01. The van der Waals surface area contributed by atoms with Gasteiger partial charge in [0.05, 0.1) is 15.9 Å². The largest absolute Gasteiger partial charge is 0.455 e. The highest BCUT2D eigenvalue weighted by atomic mass is 32.2. The molecule has 2 fully saturated rings. The van der Waals surface area contributed by atoms with Crippen molar-refractivity contribution in [2.45, 2.75) is 42.7 Å². The second-order valence-corrected chi connectivity index (χ2v) is 11.0. The van der Waals surface area contributed by atoms with Gasteiger partial charge in [0.2, 0.25) is 15.9 Å². The second kappa shape index (κ2) is 7.54. The number of thioether (sulfide) groups is 1. The highest BCUT2D eigenvalue weighted by Crippen LogP contribution is 2.45. The Balaban J connectivity index is 1.60. The summed E-state index contributed by atoms with van der Waals surface area (Å²) in [5.41, 5.74) is 1.30. The SMILES string of the molecule is CCn1c(COC(=O)[C@@]23CCC(=O)N2CCS3)nc2cc(S(=O)(=O)N(C)C)ccc21. The molecule has 2 aromatic rings. The molecule has 0 spiro atoms. The van der Waals surface area contributed by atoms with Crippen LogP contribution in [0.3, 0.4) is 0 Å². The van der Waals surface area contributed by atoms with Gasteiger partial charge in [-0.15, -0.1) is 11.8 Å². The lowest BCUT2D eigenvalue weighted by molar-refractivity contribution is -0.154. The van der Waals surface area contributed by atoms with E-state index in [1.807, 2.05) is 11.5 Å². The van der Waals surface area contributed by atoms with Crippen LogP contribution in [-0.2, 0) is 37.5 Å². The lowest BCUT2D eigenvalue weighted by atomic mass is 10.2. The molecule has 1 aromatic heterocycles. The Hall–Kier alpha value is -2.11. The summed E-state index contributed by atoms with van der Waals surface area (Å²) in [7, 11) is -0.615. The number of hydrogen-bond acceptors (Lipinski definition) is 7. The maximum Gasteiger partial charge on any atom is 0.343 e. The number of esters is 1. The standard InChI is InChI=1S/C19H24N4O5S2/c1-4-22-15-6-5-13(30(26,27)21(2)3)11-14(15)20-16(22)12-28-18(25)19-8-7-17(24)23(19)9-10-29-19/h5-6,11H,4,7-10,12H2,1-3H3/t19-/m0/s1. The molecule has 2 aliphatic heterocycles. The fourth-order valence-electron chi connectivity index (χ4n) is 4.02. The summed E-state index contributed by atoms with van der Waals surface area (Å²) < 4.78 is 33.5. The summed E-state index contributed by atoms with van der Waals surface area (Å²) in [6.45, 7) is 3.06. The summed E-state index contributed by atoms with van der Waals surface area (Å²) in [5.74, 6) is 0.835. The molecule has 0 bridgehead atoms. The average Bonchev–Trinajstić information content (AvgIpc) is 3.38. The minimum atomic E-state index is -3.57. The Morgan fingerprint density at radius 2 is 2.13 bits per heavy atom. The van der Waals surface area contributed by atoms with Crippen LogP contribution in [0.1, 0.15) is 25.6 Å². The third-order valence-electron chi connectivity index (χ3n) is 5.62. The quantitative estimate of drug-likeness (QED) is 0.611. The zero-order chi connectivity index (χ0) is 21.7. The molecule has 9 nitrogen and oxygen atoms in total. The molecule has 1 amide bonds. The maximum absolute atomic E-state index is 12.9. The van der Waals surface area contributed by atoms with Gasteiger partial charge in [-0.05, 0) is 31.5 Å². The van der Waals surface area contributed by atoms with E-state index in [-0.39, 0.29) is 17.4 Å². The van der Waals surface area contributed by atoms with Gasteiger partial charge < -0.3 is 14.2 Å². The van der Waals surface area contributed by atoms with Crippen molar-refractivity contribution in [3.05, 3.63) is 24.0 Å². The van der Waals surface area contributed by atoms with Crippen molar-refractivity contribution in [3.8, 4) is 0 Å². The zero-order valence-electron chi connectivity index (χ0n) is 17.1. The number of imidazole rings is 1. The van der Waals surface area contributed by atoms with Crippen molar-refractivity contribution in [3.63, 3.8) is 0 Å². The van der Waals surface area contributed by atoms with Gasteiger partial charge in [-0.3, -0.25) is 4.79 Å². The van der Waals surface area contributed by atoms with Gasteiger partial charge in [0.25, 0.3) is 0 Å². The molecular weight excluding hydrogens is 428 g/mol. The van der Waals surface area contributed by atoms with Crippen LogP contribution >= 0.6 is 11.8 Å². The number of benzene rings is 1. The number of ether oxygens (including phenoxy) is 1. The van der Waals surface area contributed by atoms with Gasteiger partial charge in [0.15, 0.2) is 4.87 Å². The molecule has 30 heavy (non-hydrogen) atoms. The number of aryl methyl sites for hydroxylation is 1. The third kappa shape index (κ3) is 3.19. The van der Waals surface area contributed by atoms with Crippen LogP contribution in [0.25, 0.3) is 11.0 Å². The van der Waals surface area contributed by atoms with Crippen molar-refractivity contribution in [1.29, 1.82) is 0 Å². The molecule has 3 heterocycles. The Labute approximate surface area is 179 Å². The van der Waals surface area contributed by atoms with E-state index in [0.717, 1.165) is 15.6 Å². The first-order valence-corrected chi connectivity index (χ1v) is 12.2. The van der Waals surface area contributed by atoms with Gasteiger partial charge in [-0.2, -0.15) is 0 Å². The van der Waals surface area contributed by atoms with E-state index in [9.17, 15) is 18.0 Å². The van der Waals surface area contributed by atoms with E-state index < -0.39 is 20.9 Å². The highest BCUT2D eigenvalue weighted by Gasteiger charge is 2.56. The van der Waals surface area contributed by atoms with E-state index in [2.05, 4.69) is 4.98 Å². The number of nitrogens with zero attached hydrogens (tertiary/aromatic N) is 4. The number of carbonyl (C=O) groups is 2. The molecule has 0 radical (unpaired) electrons. The smallest absolute Gasteiger partial charge is 0.343 e. The molecule has 0 aliphatic carbocycles. The number of amides is 1. The van der Waals surface area contributed by atoms with Gasteiger partial charge in [-0.25, -0.2) is 22.5 Å². The number of rotatable bonds is 6. The Morgan fingerprint density at radius 1 is 1.37 bits per heavy atom. The number of fused-ring (bicyclic) bond motifs is 2. The zero-order valence-corrected chi connectivity index (χ0v) is 18.8. The molecule has 0 N–H and O–H groups in total. The molecule has 1 atom stereocenters. The lowest BCUT2D eigenvalue weighted by Gasteiger charge is -2.28. The number of carbonyl (C=O) groups excluding carboxylic acids is 2. The van der Waals surface area contributed by atoms with Gasteiger partial charge in [0, 0.05) is 39.4 Å². The molecule has 0 saturated carbocycles. The van der Waals surface area contributed by atoms with Crippen LogP contribution in [0, 0.1) is 0 Å². The van der Waals surface area contributed by atoms with Gasteiger partial charge in [-0.1, -0.05) is 0 Å². The molecule has 2 aliphatic rings. The van der Waals surface area contributed by atoms with E-state index in [1.165, 1.54) is 31.9 Å². The van der Waals surface area contributed by atoms with E-state index in [1.54, 1.807) is 17.0 Å². The monoisotopic (exact) mass is 452 g/mol. The molecule has 4 rings (SSSR count). The van der Waals surface area contributed by atoms with Crippen LogP contribution in [0.2, 0.25) is 0 Å². The number of aromatic nitrogens is 2. The van der Waals surface area contributed by atoms with Crippen molar-refractivity contribution in [2.24, 2.45) is 0 Å². The molecule has 11 heteroatoms. The first-order valence-electron chi connectivity index (χ1n) is 9.74. The van der Waals surface area contributed by atoms with E-state index >= 15 is 0 Å². The van der Waals surface area contributed by atoms with Crippen LogP contribution in [0.15, 0.2) is 23.1 Å². The topological polar surface area (TPSA) is 102 Å². The summed E-state index contributed by atoms with van der Waals surface area (Å²) in [5, 5.41) is 0. The summed E-state index contributed by atoms with van der Waals surface area (Å²) >= 11 is 1.46. The Bertz CT molecular complexity index is 1130. The van der Waals surface area contributed by atoms with Gasteiger partial charge >= 0.3 is 5.97 Å². The molecule has 2 saturated heterocycles. The predicted molar refractivity (Wildman–Crippen MR) is 112 cm³/mol. The minimum Gasteiger partial charge on any atom is -0.455 e. The van der Waals surface area contributed by atoms with E-state index in [0.29, 0.717) is 37.3 Å². The lowest BCUT2D eigenvalue weighted by Crippen LogP contribution is -2.46. The van der Waals surface area contributed by atoms with Crippen molar-refractivity contribution in [1.82, 2.24) is 18.8 Å². The Kier molecular flexibility index (Phi) is 5.31. The Morgan fingerprint density at radius 3 is 2.83 bits per heavy atom. The molecule has 1 aromatic carbocycles. The summed E-state index contributed by atoms with van der Waals surface area (Å²) in [6.07, 6.45) is 0.823. The summed E-state index contributed by atoms with van der Waals surface area (Å²) in [6, 6.07) is 4.80. The molecule has 162 valence electrons. The number of sulfonamides is 1. The van der Waals surface area contributed by atoms with Crippen molar-refractivity contribution in [2.75, 3.05) is 26.4 Å². The first-order chi connectivity index (χ1) is 14.2. The second-order valence-electron chi connectivity index (χ2n) is 7.46. The predicted octanol–water partition coefficient (Wildman–Crippen LogP) is 1.42. The number of hydrogen-bond donors (Lipinski definition) is 0. The fraction of sp³-hybridized carbons (Fsp3) is 0.526. The van der Waals surface area contributed by atoms with Crippen LogP contribution in [0.4, 0.5) is 0 Å². The summed E-state index contributed by atoms with van der Waals surface area (Å²) in [4.78, 5) is 30.3. The van der Waals surface area contributed by atoms with Crippen molar-refractivity contribution < 1.29 is 22.7 Å². The van der Waals surface area contributed by atoms with Crippen LogP contribution in [0.5, 0.6) is 0 Å². The molecule has 0 unspecified atom stereocenters. The van der Waals surface area contributed by atoms with Gasteiger partial charge in [0.1, 0.15) is 12.4 Å². The maximum atomic E-state index is 12.9. The van der Waals surface area contributed by atoms with Crippen LogP contribution in [-0.4, -0.2) is 70.3 Å². The molecular formula is C19H24N4O5S2. The average molecular weight is 453 g/mol. The minimum absolute atomic E-state index is 0.00706. The normalized spacial score (nSPS) is 21.6. The van der Waals surface area contributed by atoms with E-state index in [4.69, 9.17) is 4.74 Å². The first kappa shape index (κ1) is 21.1. The van der Waals surface area contributed by atoms with Crippen molar-refractivity contribution >= 4 is 44.7 Å². The van der Waals surface area contributed by atoms with Crippen LogP contribution < -0.4 is 0 Å². The fourth-order valence-corrected chi connectivity index (χ4v) is 6.32. The third-order valence-corrected chi connectivity index (χ3v) is 8.88.